The third kappa shape index (κ3) is 2.40. The third-order valence-corrected chi connectivity index (χ3v) is 0.690. The Labute approximate surface area is 50.0 Å². The molecule has 0 aliphatic heterocycles. The molecule has 1 atom stereocenters. The van der Waals surface area contributed by atoms with Gasteiger partial charge in [0.25, 0.3) is 0 Å². The maximum Gasteiger partial charge on any atom is 0.371 e. The second-order valence-corrected chi connectivity index (χ2v) is 1.63. The molecule has 0 aromatic rings. The molecule has 0 aliphatic carbocycles. The van der Waals surface area contributed by atoms with Crippen molar-refractivity contribution in [2.45, 2.75) is 11.7 Å². The topological polar surface area (TPSA) is 29.5 Å². The van der Waals surface area contributed by atoms with Crippen molar-refractivity contribution in [2.24, 2.45) is 0 Å². The van der Waals surface area contributed by atoms with Gasteiger partial charge in [-0.15, -0.1) is 0 Å². The van der Waals surface area contributed by atoms with Crippen molar-refractivity contribution in [1.29, 1.82) is 0 Å². The lowest BCUT2D eigenvalue weighted by Gasteiger charge is -2.12. The first-order chi connectivity index (χ1) is 3.48. The van der Waals surface area contributed by atoms with E-state index in [2.05, 4.69) is 16.3 Å². The number of aliphatic hydroxyl groups excluding tert-OH is 1. The molecule has 0 spiro atoms. The van der Waals surface area contributed by atoms with E-state index in [-0.39, 0.29) is 0 Å². The van der Waals surface area contributed by atoms with Gasteiger partial charge in [-0.3, -0.25) is 0 Å². The van der Waals surface area contributed by atoms with E-state index in [0.717, 1.165) is 7.11 Å². The highest BCUT2D eigenvalue weighted by Gasteiger charge is 2.35. The molecule has 0 saturated carbocycles. The van der Waals surface area contributed by atoms with Gasteiger partial charge in [0.05, 0.1) is 0 Å². The van der Waals surface area contributed by atoms with Gasteiger partial charge in [-0.25, -0.2) is 0 Å². The van der Waals surface area contributed by atoms with Crippen molar-refractivity contribution in [3.05, 3.63) is 0 Å². The lowest BCUT2D eigenvalue weighted by molar-refractivity contribution is -0.180. The minimum Gasteiger partial charge on any atom is -0.362 e. The van der Waals surface area contributed by atoms with Gasteiger partial charge in [-0.05, 0) is 11.6 Å². The Morgan fingerprint density at radius 1 is 1.75 bits per heavy atom. The Bertz CT molecular complexity index is 72.2. The molecular weight excluding hydrogens is 141 g/mol. The first kappa shape index (κ1) is 8.07. The van der Waals surface area contributed by atoms with Gasteiger partial charge in [-0.1, -0.05) is 0 Å². The zero-order valence-electron chi connectivity index (χ0n) is 4.07. The van der Waals surface area contributed by atoms with Crippen molar-refractivity contribution in [2.75, 3.05) is 7.11 Å². The van der Waals surface area contributed by atoms with Gasteiger partial charge in [0.15, 0.2) is 0 Å². The molecule has 2 nitrogen and oxygen atoms in total. The molecule has 0 rings (SSSR count). The van der Waals surface area contributed by atoms with E-state index in [1.807, 2.05) is 0 Å². The number of rotatable bonds is 2. The van der Waals surface area contributed by atoms with Crippen LogP contribution in [0, 0.1) is 0 Å². The van der Waals surface area contributed by atoms with Crippen molar-refractivity contribution in [1.82, 2.24) is 0 Å². The van der Waals surface area contributed by atoms with Gasteiger partial charge in [-0.2, -0.15) is 8.78 Å². The van der Waals surface area contributed by atoms with Crippen LogP contribution in [0.1, 0.15) is 0 Å². The summed E-state index contributed by atoms with van der Waals surface area (Å²) < 4.78 is 26.8. The van der Waals surface area contributed by atoms with Crippen molar-refractivity contribution in [3.8, 4) is 0 Å². The number of aliphatic hydroxyl groups is 1. The van der Waals surface area contributed by atoms with Gasteiger partial charge in [0.1, 0.15) is 0 Å². The van der Waals surface area contributed by atoms with Crippen LogP contribution in [-0.2, 0) is 4.74 Å². The summed E-state index contributed by atoms with van der Waals surface area (Å²) in [6, 6.07) is 0. The molecule has 0 aromatic carbocycles. The van der Waals surface area contributed by atoms with Crippen LogP contribution in [0.3, 0.4) is 0 Å². The lowest BCUT2D eigenvalue weighted by Crippen LogP contribution is -2.28. The van der Waals surface area contributed by atoms with Gasteiger partial charge < -0.3 is 9.84 Å². The maximum atomic E-state index is 11.5. The highest BCUT2D eigenvalue weighted by molar-refractivity contribution is 6.21. The normalized spacial score (nSPS) is 16.1. The average Bonchev–Trinajstić information content (AvgIpc) is 1.62. The summed E-state index contributed by atoms with van der Waals surface area (Å²) in [5.74, 6) is 0. The molecule has 1 N–H and O–H groups in total. The standard InChI is InChI=1S/C3H5ClF2O2/c1-8-2(7)3(4,5)6/h2,7H,1H3/t2-/m1/s1. The summed E-state index contributed by atoms with van der Waals surface area (Å²) in [6.07, 6.45) is -2.22. The number of hydrogen-bond donors (Lipinski definition) is 1. The summed E-state index contributed by atoms with van der Waals surface area (Å²) >= 11 is 4.28. The molecule has 0 aromatic heterocycles. The third-order valence-electron chi connectivity index (χ3n) is 0.503. The first-order valence-electron chi connectivity index (χ1n) is 1.76. The lowest BCUT2D eigenvalue weighted by atomic mass is 10.7. The highest BCUT2D eigenvalue weighted by atomic mass is 35.5. The molecule has 0 unspecified atom stereocenters. The fourth-order valence-electron chi connectivity index (χ4n) is 0.134. The minimum atomic E-state index is -3.69. The molecule has 0 aliphatic rings. The fourth-order valence-corrected chi connectivity index (χ4v) is 0.223. The summed E-state index contributed by atoms with van der Waals surface area (Å²) in [4.78, 5) is 0. The van der Waals surface area contributed by atoms with Crippen LogP contribution in [-0.4, -0.2) is 23.9 Å². The Morgan fingerprint density at radius 3 is 2.12 bits per heavy atom. The monoisotopic (exact) mass is 146 g/mol. The van der Waals surface area contributed by atoms with E-state index < -0.39 is 11.7 Å². The summed E-state index contributed by atoms with van der Waals surface area (Å²) in [6.45, 7) is 0. The highest BCUT2D eigenvalue weighted by Crippen LogP contribution is 2.23. The zero-order valence-corrected chi connectivity index (χ0v) is 4.82. The van der Waals surface area contributed by atoms with E-state index in [1.54, 1.807) is 0 Å². The minimum absolute atomic E-state index is 0.932. The summed E-state index contributed by atoms with van der Waals surface area (Å²) in [5, 5.41) is 4.40. The van der Waals surface area contributed by atoms with Gasteiger partial charge in [0.2, 0.25) is 6.29 Å². The number of ether oxygens (including phenoxy) is 1. The van der Waals surface area contributed by atoms with Crippen LogP contribution >= 0.6 is 11.6 Å². The Hall–Kier alpha value is 0.0700. The Morgan fingerprint density at radius 2 is 2.12 bits per heavy atom. The van der Waals surface area contributed by atoms with Crippen LogP contribution in [0.4, 0.5) is 8.78 Å². The zero-order chi connectivity index (χ0) is 6.78. The van der Waals surface area contributed by atoms with Crippen molar-refractivity contribution >= 4 is 11.6 Å². The van der Waals surface area contributed by atoms with Crippen LogP contribution in [0.15, 0.2) is 0 Å². The Kier molecular flexibility index (Phi) is 2.59. The molecule has 5 heteroatoms. The quantitative estimate of drug-likeness (QED) is 0.461. The number of hydrogen-bond acceptors (Lipinski definition) is 2. The van der Waals surface area contributed by atoms with Crippen molar-refractivity contribution in [3.63, 3.8) is 0 Å². The van der Waals surface area contributed by atoms with Crippen LogP contribution in [0.25, 0.3) is 0 Å². The number of methoxy groups -OCH3 is 1. The maximum absolute atomic E-state index is 11.5. The average molecular weight is 147 g/mol. The van der Waals surface area contributed by atoms with Crippen molar-refractivity contribution < 1.29 is 18.6 Å². The van der Waals surface area contributed by atoms with Gasteiger partial charge in [0, 0.05) is 7.11 Å². The molecule has 0 amide bonds. The largest absolute Gasteiger partial charge is 0.371 e. The van der Waals surface area contributed by atoms with E-state index in [0.29, 0.717) is 0 Å². The van der Waals surface area contributed by atoms with E-state index in [4.69, 9.17) is 5.11 Å². The molecule has 0 bridgehead atoms. The number of halogens is 3. The molecule has 8 heavy (non-hydrogen) atoms. The summed E-state index contributed by atoms with van der Waals surface area (Å²) in [5.41, 5.74) is 0. The predicted molar refractivity (Wildman–Crippen MR) is 23.8 cm³/mol. The second kappa shape index (κ2) is 2.57. The molecule has 0 radical (unpaired) electrons. The van der Waals surface area contributed by atoms with Crippen LogP contribution in [0.5, 0.6) is 0 Å². The molecular formula is C3H5ClF2O2. The second-order valence-electron chi connectivity index (χ2n) is 1.13. The van der Waals surface area contributed by atoms with Crippen LogP contribution < -0.4 is 0 Å². The molecule has 0 heterocycles. The SMILES string of the molecule is CO[C@@H](O)C(F)(F)Cl. The summed E-state index contributed by atoms with van der Waals surface area (Å²) in [7, 11) is 0.932. The Balaban J connectivity index is 3.62. The molecule has 50 valence electrons. The first-order valence-corrected chi connectivity index (χ1v) is 2.14. The van der Waals surface area contributed by atoms with E-state index in [1.165, 1.54) is 0 Å². The molecule has 0 fully saturated rings. The fraction of sp³-hybridized carbons (Fsp3) is 1.00. The molecule has 0 saturated heterocycles. The number of alkyl halides is 3. The van der Waals surface area contributed by atoms with Gasteiger partial charge >= 0.3 is 5.38 Å². The van der Waals surface area contributed by atoms with E-state index in [9.17, 15) is 8.78 Å². The smallest absolute Gasteiger partial charge is 0.362 e. The van der Waals surface area contributed by atoms with E-state index >= 15 is 0 Å². The van der Waals surface area contributed by atoms with Crippen LogP contribution in [0.2, 0.25) is 0 Å². The predicted octanol–water partition coefficient (Wildman–Crippen LogP) is 0.783.